The number of hydrogen-bond donors (Lipinski definition) is 2. The fraction of sp³-hybridized carbons (Fsp3) is 0.0833. The molecule has 7 nitrogen and oxygen atoms in total. The molecule has 2 aromatic carbocycles. The monoisotopic (exact) mass is 441 g/mol. The Labute approximate surface area is 187 Å². The molecule has 158 valence electrons. The van der Waals surface area contributed by atoms with Crippen LogP contribution in [-0.4, -0.2) is 25.7 Å². The standard InChI is InChI=1S/C24H19N5O2S/c1-2-16-13-22(30)27-24(25-16)29-21(14-19(28-29)20-11-6-12-32-20)26-23(31)18-10-5-8-15-7-3-4-9-17(15)18/h3-14H,2H2,1H3,(H,26,31)(H,25,27,30). The van der Waals surface area contributed by atoms with Gasteiger partial charge in [0.2, 0.25) is 5.95 Å². The van der Waals surface area contributed by atoms with Crippen molar-refractivity contribution in [3.63, 3.8) is 0 Å². The van der Waals surface area contributed by atoms with Crippen molar-refractivity contribution in [1.29, 1.82) is 0 Å². The predicted molar refractivity (Wildman–Crippen MR) is 127 cm³/mol. The van der Waals surface area contributed by atoms with Crippen LogP contribution < -0.4 is 10.9 Å². The minimum atomic E-state index is -0.272. The van der Waals surface area contributed by atoms with Crippen LogP contribution in [0.25, 0.3) is 27.3 Å². The molecule has 0 bridgehead atoms. The van der Waals surface area contributed by atoms with Gasteiger partial charge in [-0.25, -0.2) is 4.98 Å². The lowest BCUT2D eigenvalue weighted by atomic mass is 10.0. The number of rotatable bonds is 5. The van der Waals surface area contributed by atoms with E-state index in [0.717, 1.165) is 15.6 Å². The smallest absolute Gasteiger partial charge is 0.257 e. The van der Waals surface area contributed by atoms with Gasteiger partial charge in [0.15, 0.2) is 0 Å². The number of benzene rings is 2. The summed E-state index contributed by atoms with van der Waals surface area (Å²) in [5.41, 5.74) is 1.60. The second-order valence-electron chi connectivity index (χ2n) is 7.20. The van der Waals surface area contributed by atoms with Gasteiger partial charge in [0, 0.05) is 23.4 Å². The molecule has 1 amide bonds. The normalized spacial score (nSPS) is 11.0. The average Bonchev–Trinajstić information content (AvgIpc) is 3.48. The van der Waals surface area contributed by atoms with E-state index in [-0.39, 0.29) is 17.4 Å². The number of amides is 1. The number of anilines is 1. The number of aryl methyl sites for hydroxylation is 1. The number of nitrogens with one attached hydrogen (secondary N) is 2. The highest BCUT2D eigenvalue weighted by Crippen LogP contribution is 2.28. The zero-order valence-corrected chi connectivity index (χ0v) is 18.0. The predicted octanol–water partition coefficient (Wildman–Crippen LogP) is 4.65. The van der Waals surface area contributed by atoms with Gasteiger partial charge in [-0.05, 0) is 34.7 Å². The first-order valence-corrected chi connectivity index (χ1v) is 11.0. The Morgan fingerprint density at radius 2 is 1.94 bits per heavy atom. The van der Waals surface area contributed by atoms with E-state index in [1.807, 2.05) is 60.8 Å². The second kappa shape index (κ2) is 8.24. The molecule has 32 heavy (non-hydrogen) atoms. The molecule has 3 aromatic heterocycles. The van der Waals surface area contributed by atoms with Gasteiger partial charge in [0.05, 0.1) is 4.88 Å². The van der Waals surface area contributed by atoms with E-state index in [2.05, 4.69) is 20.4 Å². The van der Waals surface area contributed by atoms with Crippen molar-refractivity contribution in [2.24, 2.45) is 0 Å². The topological polar surface area (TPSA) is 92.7 Å². The summed E-state index contributed by atoms with van der Waals surface area (Å²) >= 11 is 1.54. The van der Waals surface area contributed by atoms with E-state index in [0.29, 0.717) is 29.2 Å². The molecule has 0 unspecified atom stereocenters. The van der Waals surface area contributed by atoms with Gasteiger partial charge in [0.1, 0.15) is 11.5 Å². The molecule has 0 atom stereocenters. The molecule has 0 aliphatic rings. The number of carbonyl (C=O) groups is 1. The first-order valence-electron chi connectivity index (χ1n) is 10.2. The van der Waals surface area contributed by atoms with Crippen LogP contribution in [0.3, 0.4) is 0 Å². The maximum atomic E-state index is 13.3. The molecule has 2 N–H and O–H groups in total. The number of fused-ring (bicyclic) bond motifs is 1. The van der Waals surface area contributed by atoms with Crippen molar-refractivity contribution in [3.05, 3.63) is 93.7 Å². The van der Waals surface area contributed by atoms with Crippen LogP contribution in [0.5, 0.6) is 0 Å². The van der Waals surface area contributed by atoms with E-state index >= 15 is 0 Å². The van der Waals surface area contributed by atoms with Crippen LogP contribution in [-0.2, 0) is 6.42 Å². The number of aromatic nitrogens is 4. The molecule has 3 heterocycles. The van der Waals surface area contributed by atoms with Crippen LogP contribution in [0.2, 0.25) is 0 Å². The maximum Gasteiger partial charge on any atom is 0.257 e. The zero-order valence-electron chi connectivity index (χ0n) is 17.2. The minimum Gasteiger partial charge on any atom is -0.306 e. The first-order chi connectivity index (χ1) is 15.6. The van der Waals surface area contributed by atoms with Crippen molar-refractivity contribution < 1.29 is 4.79 Å². The van der Waals surface area contributed by atoms with Crippen LogP contribution in [0.1, 0.15) is 23.0 Å². The van der Waals surface area contributed by atoms with Crippen LogP contribution >= 0.6 is 11.3 Å². The van der Waals surface area contributed by atoms with Crippen molar-refractivity contribution in [3.8, 4) is 16.5 Å². The largest absolute Gasteiger partial charge is 0.306 e. The number of hydrogen-bond acceptors (Lipinski definition) is 5. The molecule has 0 spiro atoms. The summed E-state index contributed by atoms with van der Waals surface area (Å²) in [6.07, 6.45) is 0.605. The van der Waals surface area contributed by atoms with Crippen LogP contribution in [0, 0.1) is 0 Å². The Hall–Kier alpha value is -4.04. The number of carbonyl (C=O) groups excluding carboxylic acids is 1. The number of H-pyrrole nitrogens is 1. The van der Waals surface area contributed by atoms with Gasteiger partial charge in [-0.15, -0.1) is 11.3 Å². The molecule has 0 saturated carbocycles. The summed E-state index contributed by atoms with van der Waals surface area (Å²) < 4.78 is 1.47. The molecule has 0 aliphatic carbocycles. The third kappa shape index (κ3) is 3.72. The lowest BCUT2D eigenvalue weighted by Gasteiger charge is -2.10. The number of thiophene rings is 1. The van der Waals surface area contributed by atoms with Crippen molar-refractivity contribution >= 4 is 33.8 Å². The molecule has 0 saturated heterocycles. The Morgan fingerprint density at radius 1 is 1.09 bits per heavy atom. The second-order valence-corrected chi connectivity index (χ2v) is 8.15. The van der Waals surface area contributed by atoms with Gasteiger partial charge >= 0.3 is 0 Å². The lowest BCUT2D eigenvalue weighted by molar-refractivity contribution is 0.102. The van der Waals surface area contributed by atoms with E-state index in [4.69, 9.17) is 0 Å². The van der Waals surface area contributed by atoms with Crippen molar-refractivity contribution in [2.45, 2.75) is 13.3 Å². The molecular formula is C24H19N5O2S. The quantitative estimate of drug-likeness (QED) is 0.415. The molecule has 5 rings (SSSR count). The lowest BCUT2D eigenvalue weighted by Crippen LogP contribution is -2.19. The van der Waals surface area contributed by atoms with E-state index in [1.54, 1.807) is 23.5 Å². The Balaban J connectivity index is 1.61. The van der Waals surface area contributed by atoms with E-state index < -0.39 is 0 Å². The Morgan fingerprint density at radius 3 is 2.75 bits per heavy atom. The maximum absolute atomic E-state index is 13.3. The van der Waals surface area contributed by atoms with Crippen LogP contribution in [0.4, 0.5) is 5.82 Å². The third-order valence-corrected chi connectivity index (χ3v) is 6.00. The van der Waals surface area contributed by atoms with Crippen LogP contribution in [0.15, 0.2) is 76.9 Å². The Kier molecular flexibility index (Phi) is 5.12. The van der Waals surface area contributed by atoms with Gasteiger partial charge < -0.3 is 5.32 Å². The minimum absolute atomic E-state index is 0.255. The summed E-state index contributed by atoms with van der Waals surface area (Å²) in [6, 6.07) is 20.5. The van der Waals surface area contributed by atoms with Crippen molar-refractivity contribution in [2.75, 3.05) is 5.32 Å². The summed E-state index contributed by atoms with van der Waals surface area (Å²) in [4.78, 5) is 33.6. The highest BCUT2D eigenvalue weighted by molar-refractivity contribution is 7.13. The fourth-order valence-electron chi connectivity index (χ4n) is 3.56. The summed E-state index contributed by atoms with van der Waals surface area (Å²) in [5.74, 6) is 0.405. The summed E-state index contributed by atoms with van der Waals surface area (Å²) in [5, 5.41) is 11.4. The average molecular weight is 442 g/mol. The highest BCUT2D eigenvalue weighted by atomic mass is 32.1. The highest BCUT2D eigenvalue weighted by Gasteiger charge is 2.18. The first kappa shape index (κ1) is 19.9. The van der Waals surface area contributed by atoms with Gasteiger partial charge in [0.25, 0.3) is 11.5 Å². The molecule has 0 radical (unpaired) electrons. The third-order valence-electron chi connectivity index (χ3n) is 5.10. The molecular weight excluding hydrogens is 422 g/mol. The molecule has 8 heteroatoms. The fourth-order valence-corrected chi connectivity index (χ4v) is 4.24. The molecule has 5 aromatic rings. The number of aromatic amines is 1. The van der Waals surface area contributed by atoms with E-state index in [1.165, 1.54) is 10.7 Å². The van der Waals surface area contributed by atoms with E-state index in [9.17, 15) is 9.59 Å². The van der Waals surface area contributed by atoms with Gasteiger partial charge in [-0.3, -0.25) is 14.6 Å². The van der Waals surface area contributed by atoms with Gasteiger partial charge in [-0.2, -0.15) is 9.78 Å². The summed E-state index contributed by atoms with van der Waals surface area (Å²) in [6.45, 7) is 1.93. The molecule has 0 aliphatic heterocycles. The number of nitrogens with zero attached hydrogens (tertiary/aromatic N) is 3. The SMILES string of the molecule is CCc1cc(=O)[nH]c(-n2nc(-c3cccs3)cc2NC(=O)c2cccc3ccccc23)n1. The Bertz CT molecular complexity index is 1480. The van der Waals surface area contributed by atoms with Gasteiger partial charge in [-0.1, -0.05) is 49.4 Å². The summed E-state index contributed by atoms with van der Waals surface area (Å²) in [7, 11) is 0. The molecule has 0 fully saturated rings. The zero-order chi connectivity index (χ0) is 22.1. The van der Waals surface area contributed by atoms with Crippen molar-refractivity contribution in [1.82, 2.24) is 19.7 Å².